The molecule has 1 heterocycles. The number of para-hydroxylation sites is 1. The topological polar surface area (TPSA) is 69.0 Å². The number of ketones is 1. The third-order valence-corrected chi connectivity index (χ3v) is 4.28. The van der Waals surface area contributed by atoms with Crippen LogP contribution >= 0.6 is 0 Å². The third-order valence-electron chi connectivity index (χ3n) is 4.28. The number of nitrogens with zero attached hydrogens (tertiary/aromatic N) is 2. The van der Waals surface area contributed by atoms with Gasteiger partial charge < -0.3 is 0 Å². The zero-order chi connectivity index (χ0) is 18.9. The molecule has 5 heteroatoms. The van der Waals surface area contributed by atoms with Gasteiger partial charge in [-0.15, -0.1) is 0 Å². The average Bonchev–Trinajstić information content (AvgIpc) is 2.72. The molecule has 3 aromatic rings. The fraction of sp³-hybridized carbons (Fsp3) is 0.238. The Morgan fingerprint density at radius 2 is 1.58 bits per heavy atom. The molecule has 0 spiro atoms. The lowest BCUT2D eigenvalue weighted by atomic mass is 9.91. The summed E-state index contributed by atoms with van der Waals surface area (Å²) >= 11 is 0. The van der Waals surface area contributed by atoms with Crippen LogP contribution < -0.4 is 11.1 Å². The summed E-state index contributed by atoms with van der Waals surface area (Å²) in [6, 6.07) is 16.4. The third kappa shape index (κ3) is 3.33. The molecule has 2 aromatic carbocycles. The van der Waals surface area contributed by atoms with Gasteiger partial charge in [-0.2, -0.15) is 0 Å². The fourth-order valence-electron chi connectivity index (χ4n) is 2.70. The quantitative estimate of drug-likeness (QED) is 0.682. The van der Waals surface area contributed by atoms with Gasteiger partial charge in [0.1, 0.15) is 0 Å². The molecule has 0 aliphatic rings. The van der Waals surface area contributed by atoms with Crippen LogP contribution in [0.15, 0.2) is 64.2 Å². The largest absolute Gasteiger partial charge is 0.336 e. The summed E-state index contributed by atoms with van der Waals surface area (Å²) in [7, 11) is 0. The summed E-state index contributed by atoms with van der Waals surface area (Å²) in [5.74, 6) is -0.128. The van der Waals surface area contributed by atoms with Crippen LogP contribution in [0, 0.1) is 5.41 Å². The number of rotatable bonds is 3. The molecule has 0 bridgehead atoms. The SMILES string of the molecule is CC(C)(C)C(=O)Cn1c(=O)c(=O)nc(-c2ccccc2)c2ccccc21. The number of fused-ring (bicyclic) bond motifs is 1. The first kappa shape index (κ1) is 17.7. The highest BCUT2D eigenvalue weighted by atomic mass is 16.2. The zero-order valence-electron chi connectivity index (χ0n) is 15.0. The minimum absolute atomic E-state index is 0.128. The lowest BCUT2D eigenvalue weighted by Crippen LogP contribution is -2.37. The molecule has 0 unspecified atom stereocenters. The first-order valence-electron chi connectivity index (χ1n) is 8.41. The normalized spacial score (nSPS) is 11.5. The Labute approximate surface area is 151 Å². The highest BCUT2D eigenvalue weighted by molar-refractivity contribution is 5.93. The van der Waals surface area contributed by atoms with E-state index in [1.54, 1.807) is 32.9 Å². The average molecular weight is 348 g/mol. The Balaban J connectivity index is 2.39. The molecule has 0 aliphatic carbocycles. The number of carbonyl (C=O) groups excluding carboxylic acids is 1. The molecule has 1 aromatic heterocycles. The summed E-state index contributed by atoms with van der Waals surface area (Å²) in [5.41, 5.74) is -0.588. The van der Waals surface area contributed by atoms with Crippen molar-refractivity contribution >= 4 is 16.7 Å². The molecule has 0 fully saturated rings. The molecule has 26 heavy (non-hydrogen) atoms. The second kappa shape index (κ2) is 6.67. The molecule has 0 atom stereocenters. The Bertz CT molecular complexity index is 1090. The summed E-state index contributed by atoms with van der Waals surface area (Å²) in [6.07, 6.45) is 0. The maximum atomic E-state index is 12.7. The first-order chi connectivity index (χ1) is 12.3. The van der Waals surface area contributed by atoms with E-state index in [1.165, 1.54) is 4.57 Å². The van der Waals surface area contributed by atoms with Crippen molar-refractivity contribution in [3.05, 3.63) is 75.3 Å². The number of hydrogen-bond donors (Lipinski definition) is 0. The number of carbonyl (C=O) groups is 1. The van der Waals surface area contributed by atoms with Crippen LogP contribution in [0.4, 0.5) is 0 Å². The predicted molar refractivity (Wildman–Crippen MR) is 102 cm³/mol. The van der Waals surface area contributed by atoms with Crippen LogP contribution in [-0.2, 0) is 11.3 Å². The molecule has 3 rings (SSSR count). The van der Waals surface area contributed by atoms with Crippen LogP contribution in [0.2, 0.25) is 0 Å². The van der Waals surface area contributed by atoms with Crippen molar-refractivity contribution in [2.75, 3.05) is 0 Å². The predicted octanol–water partition coefficient (Wildman–Crippen LogP) is 3.04. The fourth-order valence-corrected chi connectivity index (χ4v) is 2.70. The second-order valence-corrected chi connectivity index (χ2v) is 7.21. The van der Waals surface area contributed by atoms with E-state index in [2.05, 4.69) is 4.98 Å². The van der Waals surface area contributed by atoms with Gasteiger partial charge in [-0.3, -0.25) is 19.0 Å². The van der Waals surface area contributed by atoms with Crippen molar-refractivity contribution in [2.45, 2.75) is 27.3 Å². The molecule has 0 N–H and O–H groups in total. The first-order valence-corrected chi connectivity index (χ1v) is 8.41. The van der Waals surface area contributed by atoms with Gasteiger partial charge in [0, 0.05) is 16.4 Å². The van der Waals surface area contributed by atoms with Gasteiger partial charge in [0.2, 0.25) is 0 Å². The van der Waals surface area contributed by atoms with Gasteiger partial charge in [-0.25, -0.2) is 4.98 Å². The molecular formula is C21H20N2O3. The molecular weight excluding hydrogens is 328 g/mol. The minimum atomic E-state index is -0.873. The molecule has 0 saturated heterocycles. The lowest BCUT2D eigenvalue weighted by Gasteiger charge is -2.17. The van der Waals surface area contributed by atoms with Gasteiger partial charge in [0.25, 0.3) is 0 Å². The second-order valence-electron chi connectivity index (χ2n) is 7.21. The monoisotopic (exact) mass is 348 g/mol. The Kier molecular flexibility index (Phi) is 4.55. The highest BCUT2D eigenvalue weighted by Gasteiger charge is 2.23. The number of aromatic nitrogens is 2. The van der Waals surface area contributed by atoms with Crippen molar-refractivity contribution in [3.8, 4) is 11.3 Å². The van der Waals surface area contributed by atoms with E-state index >= 15 is 0 Å². The summed E-state index contributed by atoms with van der Waals surface area (Å²) in [6.45, 7) is 5.20. The van der Waals surface area contributed by atoms with Crippen molar-refractivity contribution in [1.29, 1.82) is 0 Å². The van der Waals surface area contributed by atoms with E-state index in [0.717, 1.165) is 5.56 Å². The van der Waals surface area contributed by atoms with Crippen molar-refractivity contribution in [2.24, 2.45) is 5.41 Å². The highest BCUT2D eigenvalue weighted by Crippen LogP contribution is 2.24. The van der Waals surface area contributed by atoms with Gasteiger partial charge in [0.15, 0.2) is 5.78 Å². The van der Waals surface area contributed by atoms with Crippen LogP contribution in [0.5, 0.6) is 0 Å². The molecule has 0 amide bonds. The van der Waals surface area contributed by atoms with Crippen molar-refractivity contribution < 1.29 is 4.79 Å². The van der Waals surface area contributed by atoms with Crippen LogP contribution in [0.1, 0.15) is 20.8 Å². The molecule has 132 valence electrons. The maximum absolute atomic E-state index is 12.7. The molecule has 0 saturated carbocycles. The summed E-state index contributed by atoms with van der Waals surface area (Å²) in [5, 5.41) is 0.652. The number of benzene rings is 2. The van der Waals surface area contributed by atoms with E-state index in [-0.39, 0.29) is 12.3 Å². The van der Waals surface area contributed by atoms with Gasteiger partial charge >= 0.3 is 11.1 Å². The van der Waals surface area contributed by atoms with Crippen LogP contribution in [0.3, 0.4) is 0 Å². The van der Waals surface area contributed by atoms with Gasteiger partial charge in [0.05, 0.1) is 17.8 Å². The van der Waals surface area contributed by atoms with Crippen molar-refractivity contribution in [3.63, 3.8) is 0 Å². The van der Waals surface area contributed by atoms with Gasteiger partial charge in [-0.1, -0.05) is 69.3 Å². The van der Waals surface area contributed by atoms with Crippen LogP contribution in [0.25, 0.3) is 22.2 Å². The zero-order valence-corrected chi connectivity index (χ0v) is 15.0. The summed E-state index contributed by atoms with van der Waals surface area (Å²) in [4.78, 5) is 41.7. The molecule has 5 nitrogen and oxygen atoms in total. The van der Waals surface area contributed by atoms with Crippen LogP contribution in [-0.4, -0.2) is 15.3 Å². The maximum Gasteiger partial charge on any atom is 0.336 e. The van der Waals surface area contributed by atoms with E-state index in [1.807, 2.05) is 42.5 Å². The van der Waals surface area contributed by atoms with E-state index in [4.69, 9.17) is 0 Å². The standard InChI is InChI=1S/C21H20N2O3/c1-21(2,3)17(24)13-23-16-12-8-7-11-15(16)18(22-19(25)20(23)26)14-9-5-4-6-10-14/h4-12H,13H2,1-3H3. The van der Waals surface area contributed by atoms with Crippen molar-refractivity contribution in [1.82, 2.24) is 9.55 Å². The minimum Gasteiger partial charge on any atom is -0.297 e. The van der Waals surface area contributed by atoms with E-state index in [0.29, 0.717) is 16.6 Å². The smallest absolute Gasteiger partial charge is 0.297 e. The summed E-state index contributed by atoms with van der Waals surface area (Å²) < 4.78 is 1.24. The van der Waals surface area contributed by atoms with E-state index in [9.17, 15) is 14.4 Å². The Morgan fingerprint density at radius 1 is 0.962 bits per heavy atom. The van der Waals surface area contributed by atoms with E-state index < -0.39 is 16.5 Å². The lowest BCUT2D eigenvalue weighted by molar-refractivity contribution is -0.126. The number of Topliss-reactive ketones (excluding diaryl/α,β-unsaturated/α-hetero) is 1. The molecule has 0 radical (unpaired) electrons. The number of hydrogen-bond acceptors (Lipinski definition) is 4. The Hall–Kier alpha value is -3.08. The Morgan fingerprint density at radius 3 is 2.23 bits per heavy atom. The molecule has 0 aliphatic heterocycles. The van der Waals surface area contributed by atoms with Gasteiger partial charge in [-0.05, 0) is 6.07 Å².